The molecule has 0 bridgehead atoms. The lowest BCUT2D eigenvalue weighted by Crippen LogP contribution is -2.37. The number of rotatable bonds is 5. The molecule has 132 valence electrons. The highest BCUT2D eigenvalue weighted by molar-refractivity contribution is 7.13. The van der Waals surface area contributed by atoms with Gasteiger partial charge in [0, 0.05) is 5.69 Å². The Hall–Kier alpha value is -2.99. The number of hydrogen-bond acceptors (Lipinski definition) is 4. The Morgan fingerprint density at radius 1 is 0.962 bits per heavy atom. The van der Waals surface area contributed by atoms with Gasteiger partial charge in [-0.05, 0) is 31.5 Å². The third-order valence-electron chi connectivity index (χ3n) is 3.82. The van der Waals surface area contributed by atoms with Crippen LogP contribution in [-0.2, 0) is 4.79 Å². The molecule has 1 heterocycles. The van der Waals surface area contributed by atoms with Crippen LogP contribution in [0.2, 0.25) is 0 Å². The molecular weight excluding hydrogens is 346 g/mol. The third kappa shape index (κ3) is 4.15. The fourth-order valence-corrected chi connectivity index (χ4v) is 3.44. The van der Waals surface area contributed by atoms with E-state index in [1.807, 2.05) is 55.5 Å². The number of nitrogens with zero attached hydrogens (tertiary/aromatic N) is 1. The van der Waals surface area contributed by atoms with Gasteiger partial charge in [0.1, 0.15) is 10.9 Å². The zero-order valence-electron chi connectivity index (χ0n) is 14.5. The van der Waals surface area contributed by atoms with Crippen LogP contribution < -0.4 is 10.6 Å². The molecule has 0 radical (unpaired) electrons. The smallest absolute Gasteiger partial charge is 0.264 e. The molecule has 0 saturated carbocycles. The molecule has 5 nitrogen and oxygen atoms in total. The monoisotopic (exact) mass is 365 g/mol. The van der Waals surface area contributed by atoms with Gasteiger partial charge < -0.3 is 10.6 Å². The summed E-state index contributed by atoms with van der Waals surface area (Å²) in [6.45, 7) is 3.64. The van der Waals surface area contributed by atoms with Crippen LogP contribution in [-0.4, -0.2) is 16.8 Å². The van der Waals surface area contributed by atoms with Crippen molar-refractivity contribution in [2.24, 2.45) is 0 Å². The Balaban J connectivity index is 1.85. The van der Waals surface area contributed by atoms with Gasteiger partial charge in [-0.2, -0.15) is 0 Å². The summed E-state index contributed by atoms with van der Waals surface area (Å²) in [4.78, 5) is 30.3. The molecule has 0 aliphatic carbocycles. The largest absolute Gasteiger partial charge is 0.336 e. The zero-order valence-corrected chi connectivity index (χ0v) is 15.3. The lowest BCUT2D eigenvalue weighted by atomic mass is 10.1. The Morgan fingerprint density at radius 2 is 1.58 bits per heavy atom. The van der Waals surface area contributed by atoms with E-state index in [0.717, 1.165) is 5.01 Å². The van der Waals surface area contributed by atoms with Crippen LogP contribution in [0.5, 0.6) is 0 Å². The van der Waals surface area contributed by atoms with Crippen LogP contribution in [0.1, 0.15) is 32.0 Å². The van der Waals surface area contributed by atoms with Gasteiger partial charge in [-0.3, -0.25) is 9.59 Å². The van der Waals surface area contributed by atoms with Crippen LogP contribution in [0.4, 0.5) is 5.69 Å². The first-order valence-corrected chi connectivity index (χ1v) is 9.02. The molecule has 3 aromatic rings. The lowest BCUT2D eigenvalue weighted by molar-refractivity contribution is -0.118. The van der Waals surface area contributed by atoms with Crippen molar-refractivity contribution >= 4 is 28.8 Å². The van der Waals surface area contributed by atoms with Gasteiger partial charge in [-0.25, -0.2) is 4.98 Å². The maximum Gasteiger partial charge on any atom is 0.264 e. The molecule has 2 aromatic carbocycles. The molecular formula is C20H19N3O2S. The molecule has 2 N–H and O–H groups in total. The van der Waals surface area contributed by atoms with Crippen LogP contribution in [0.25, 0.3) is 0 Å². The van der Waals surface area contributed by atoms with Gasteiger partial charge in [0.25, 0.3) is 11.8 Å². The van der Waals surface area contributed by atoms with Gasteiger partial charge in [0.05, 0.1) is 10.7 Å². The highest BCUT2D eigenvalue weighted by atomic mass is 32.1. The predicted molar refractivity (Wildman–Crippen MR) is 103 cm³/mol. The topological polar surface area (TPSA) is 71.1 Å². The molecule has 2 amide bonds. The maximum atomic E-state index is 12.8. The number of aryl methyl sites for hydroxylation is 2. The number of nitrogens with one attached hydrogen (secondary N) is 2. The number of amides is 2. The highest BCUT2D eigenvalue weighted by Gasteiger charge is 2.25. The quantitative estimate of drug-likeness (QED) is 0.721. The van der Waals surface area contributed by atoms with Crippen molar-refractivity contribution in [3.05, 3.63) is 81.8 Å². The third-order valence-corrected chi connectivity index (χ3v) is 4.89. The van der Waals surface area contributed by atoms with E-state index in [1.165, 1.54) is 11.3 Å². The van der Waals surface area contributed by atoms with Crippen LogP contribution >= 0.6 is 11.3 Å². The first-order chi connectivity index (χ1) is 12.5. The van der Waals surface area contributed by atoms with Gasteiger partial charge in [0.15, 0.2) is 0 Å². The molecule has 26 heavy (non-hydrogen) atoms. The van der Waals surface area contributed by atoms with E-state index < -0.39 is 6.04 Å². The first kappa shape index (κ1) is 17.8. The number of para-hydroxylation sites is 1. The average Bonchev–Trinajstić information content (AvgIpc) is 2.99. The molecule has 1 atom stereocenters. The maximum absolute atomic E-state index is 12.8. The molecule has 0 saturated heterocycles. The second kappa shape index (κ2) is 7.93. The first-order valence-electron chi connectivity index (χ1n) is 8.20. The highest BCUT2D eigenvalue weighted by Crippen LogP contribution is 2.21. The van der Waals surface area contributed by atoms with E-state index >= 15 is 0 Å². The van der Waals surface area contributed by atoms with Gasteiger partial charge >= 0.3 is 0 Å². The van der Waals surface area contributed by atoms with E-state index in [2.05, 4.69) is 15.6 Å². The van der Waals surface area contributed by atoms with E-state index in [0.29, 0.717) is 21.8 Å². The summed E-state index contributed by atoms with van der Waals surface area (Å²) in [5.41, 5.74) is 2.06. The molecule has 6 heteroatoms. The number of carbonyl (C=O) groups is 2. The minimum absolute atomic E-state index is 0.297. The second-order valence-corrected chi connectivity index (χ2v) is 7.02. The standard InChI is InChI=1S/C20H19N3O2S/c1-13-18(26-14(2)21-13)20(25)23-17(15-9-5-3-6-10-15)19(24)22-16-11-7-4-8-12-16/h3-12,17H,1-2H3,(H,22,24)(H,23,25). The van der Waals surface area contributed by atoms with Gasteiger partial charge in [-0.1, -0.05) is 48.5 Å². The average molecular weight is 365 g/mol. The number of hydrogen-bond donors (Lipinski definition) is 2. The normalized spacial score (nSPS) is 11.6. The van der Waals surface area contributed by atoms with Crippen LogP contribution in [0.3, 0.4) is 0 Å². The summed E-state index contributed by atoms with van der Waals surface area (Å²) in [7, 11) is 0. The van der Waals surface area contributed by atoms with Crippen molar-refractivity contribution in [3.8, 4) is 0 Å². The van der Waals surface area contributed by atoms with E-state index in [4.69, 9.17) is 0 Å². The molecule has 0 spiro atoms. The molecule has 0 aliphatic heterocycles. The molecule has 0 aliphatic rings. The minimum atomic E-state index is -0.800. The summed E-state index contributed by atoms with van der Waals surface area (Å²) in [6.07, 6.45) is 0. The Bertz CT molecular complexity index is 907. The number of aromatic nitrogens is 1. The summed E-state index contributed by atoms with van der Waals surface area (Å²) >= 11 is 1.32. The zero-order chi connectivity index (χ0) is 18.5. The van der Waals surface area contributed by atoms with Crippen molar-refractivity contribution in [1.82, 2.24) is 10.3 Å². The SMILES string of the molecule is Cc1nc(C)c(C(=O)NC(C(=O)Nc2ccccc2)c2ccccc2)s1. The van der Waals surface area contributed by atoms with Crippen molar-refractivity contribution in [1.29, 1.82) is 0 Å². The Morgan fingerprint density at radius 3 is 2.15 bits per heavy atom. The minimum Gasteiger partial charge on any atom is -0.336 e. The molecule has 3 rings (SSSR count). The summed E-state index contributed by atoms with van der Waals surface area (Å²) in [5.74, 6) is -0.597. The number of anilines is 1. The van der Waals surface area contributed by atoms with Crippen molar-refractivity contribution in [3.63, 3.8) is 0 Å². The fourth-order valence-electron chi connectivity index (χ4n) is 2.62. The van der Waals surface area contributed by atoms with Gasteiger partial charge in [0.2, 0.25) is 0 Å². The lowest BCUT2D eigenvalue weighted by Gasteiger charge is -2.18. The number of carbonyl (C=O) groups excluding carboxylic acids is 2. The molecule has 0 fully saturated rings. The number of thiazole rings is 1. The van der Waals surface area contributed by atoms with E-state index in [9.17, 15) is 9.59 Å². The van der Waals surface area contributed by atoms with Gasteiger partial charge in [-0.15, -0.1) is 11.3 Å². The molecule has 1 unspecified atom stereocenters. The Kier molecular flexibility index (Phi) is 5.43. The summed E-state index contributed by atoms with van der Waals surface area (Å²) in [6, 6.07) is 17.6. The predicted octanol–water partition coefficient (Wildman–Crippen LogP) is 3.87. The Labute approximate surface area is 156 Å². The van der Waals surface area contributed by atoms with E-state index in [1.54, 1.807) is 19.1 Å². The fraction of sp³-hybridized carbons (Fsp3) is 0.150. The van der Waals surface area contributed by atoms with Crippen LogP contribution in [0.15, 0.2) is 60.7 Å². The van der Waals surface area contributed by atoms with Crippen molar-refractivity contribution < 1.29 is 9.59 Å². The van der Waals surface area contributed by atoms with Crippen molar-refractivity contribution in [2.75, 3.05) is 5.32 Å². The molecule has 1 aromatic heterocycles. The second-order valence-electron chi connectivity index (χ2n) is 5.82. The van der Waals surface area contributed by atoms with Crippen molar-refractivity contribution in [2.45, 2.75) is 19.9 Å². The van der Waals surface area contributed by atoms with Crippen LogP contribution in [0, 0.1) is 13.8 Å². The summed E-state index contributed by atoms with van der Waals surface area (Å²) < 4.78 is 0. The number of benzene rings is 2. The van der Waals surface area contributed by atoms with E-state index in [-0.39, 0.29) is 11.8 Å². The summed E-state index contributed by atoms with van der Waals surface area (Å²) in [5, 5.41) is 6.51.